The molecule has 2 nitrogen and oxygen atoms in total. The summed E-state index contributed by atoms with van der Waals surface area (Å²) in [5.41, 5.74) is 0. The highest BCUT2D eigenvalue weighted by Gasteiger charge is 2.41. The monoisotopic (exact) mass is 259 g/mol. The zero-order valence-electron chi connectivity index (χ0n) is 8.87. The van der Waals surface area contributed by atoms with Crippen LogP contribution in [0.1, 0.15) is 26.2 Å². The van der Waals surface area contributed by atoms with Gasteiger partial charge in [-0.05, 0) is 31.1 Å². The Balaban J connectivity index is 1.72. The molecule has 0 spiro atoms. The second-order valence-electron chi connectivity index (χ2n) is 4.97. The molecule has 2 saturated carbocycles. The summed E-state index contributed by atoms with van der Waals surface area (Å²) < 4.78 is 0. The summed E-state index contributed by atoms with van der Waals surface area (Å²) in [4.78, 5) is 14.4. The van der Waals surface area contributed by atoms with E-state index in [0.29, 0.717) is 22.6 Å². The molecule has 2 rings (SSSR count). The van der Waals surface area contributed by atoms with Gasteiger partial charge in [0.2, 0.25) is 5.91 Å². The van der Waals surface area contributed by atoms with Gasteiger partial charge in [0.1, 0.15) is 0 Å². The maximum Gasteiger partial charge on any atom is 0.225 e. The van der Waals surface area contributed by atoms with Crippen LogP contribution in [0.2, 0.25) is 0 Å². The summed E-state index contributed by atoms with van der Waals surface area (Å²) in [7, 11) is 1.95. The highest BCUT2D eigenvalue weighted by atomic mass is 79.9. The van der Waals surface area contributed by atoms with Crippen molar-refractivity contribution in [3.05, 3.63) is 0 Å². The molecule has 2 aliphatic rings. The Labute approximate surface area is 94.2 Å². The number of nitrogens with zero attached hydrogens (tertiary/aromatic N) is 1. The average Bonchev–Trinajstić information content (AvgIpc) is 2.78. The minimum atomic E-state index is 0.347. The molecular weight excluding hydrogens is 242 g/mol. The van der Waals surface area contributed by atoms with Crippen LogP contribution in [0, 0.1) is 17.8 Å². The maximum atomic E-state index is 11.8. The average molecular weight is 260 g/mol. The fourth-order valence-corrected chi connectivity index (χ4v) is 3.29. The third-order valence-corrected chi connectivity index (χ3v) is 4.26. The minimum absolute atomic E-state index is 0.347. The second kappa shape index (κ2) is 3.84. The number of carbonyl (C=O) groups is 1. The van der Waals surface area contributed by atoms with E-state index < -0.39 is 0 Å². The fraction of sp³-hybridized carbons (Fsp3) is 0.909. The van der Waals surface area contributed by atoms with Crippen molar-refractivity contribution in [1.82, 2.24) is 4.90 Å². The maximum absolute atomic E-state index is 11.8. The molecule has 3 heteroatoms. The number of carbonyl (C=O) groups excluding carboxylic acids is 1. The first-order valence-corrected chi connectivity index (χ1v) is 6.38. The minimum Gasteiger partial charge on any atom is -0.345 e. The van der Waals surface area contributed by atoms with Gasteiger partial charge in [0, 0.05) is 24.3 Å². The standard InChI is InChI=1S/C11H18BrNO/c1-7-3-10(7)11(14)13(2)6-8-4-9(12)5-8/h7-10H,3-6H2,1-2H3. The van der Waals surface area contributed by atoms with Crippen LogP contribution in [-0.2, 0) is 4.79 Å². The highest BCUT2D eigenvalue weighted by Crippen LogP contribution is 2.40. The highest BCUT2D eigenvalue weighted by molar-refractivity contribution is 9.09. The fourth-order valence-electron chi connectivity index (χ4n) is 2.23. The Hall–Kier alpha value is -0.0500. The van der Waals surface area contributed by atoms with Crippen LogP contribution in [0.25, 0.3) is 0 Å². The molecule has 0 saturated heterocycles. The third-order valence-electron chi connectivity index (χ3n) is 3.51. The molecule has 1 amide bonds. The molecule has 0 aromatic rings. The Morgan fingerprint density at radius 2 is 2.00 bits per heavy atom. The van der Waals surface area contributed by atoms with Crippen LogP contribution in [0.15, 0.2) is 0 Å². The number of hydrogen-bond acceptors (Lipinski definition) is 1. The van der Waals surface area contributed by atoms with Crippen molar-refractivity contribution in [3.63, 3.8) is 0 Å². The molecule has 0 radical (unpaired) electrons. The first-order valence-electron chi connectivity index (χ1n) is 5.47. The third kappa shape index (κ3) is 2.13. The van der Waals surface area contributed by atoms with Gasteiger partial charge in [-0.1, -0.05) is 22.9 Å². The van der Waals surface area contributed by atoms with Gasteiger partial charge in [0.15, 0.2) is 0 Å². The van der Waals surface area contributed by atoms with E-state index in [1.165, 1.54) is 12.8 Å². The van der Waals surface area contributed by atoms with E-state index in [9.17, 15) is 4.79 Å². The van der Waals surface area contributed by atoms with Crippen molar-refractivity contribution < 1.29 is 4.79 Å². The summed E-state index contributed by atoms with van der Waals surface area (Å²) in [6.07, 6.45) is 3.57. The molecule has 80 valence electrons. The first-order chi connectivity index (χ1) is 6.58. The van der Waals surface area contributed by atoms with Crippen molar-refractivity contribution in [2.45, 2.75) is 31.0 Å². The second-order valence-corrected chi connectivity index (χ2v) is 6.27. The van der Waals surface area contributed by atoms with Gasteiger partial charge < -0.3 is 4.90 Å². The summed E-state index contributed by atoms with van der Waals surface area (Å²) in [6, 6.07) is 0. The lowest BCUT2D eigenvalue weighted by molar-refractivity contribution is -0.132. The SMILES string of the molecule is CC1CC1C(=O)N(C)CC1CC(Br)C1. The van der Waals surface area contributed by atoms with Gasteiger partial charge in [-0.25, -0.2) is 0 Å². The Bertz CT molecular complexity index is 237. The Kier molecular flexibility index (Phi) is 2.87. The molecule has 2 unspecified atom stereocenters. The number of amides is 1. The van der Waals surface area contributed by atoms with Crippen molar-refractivity contribution in [2.75, 3.05) is 13.6 Å². The van der Waals surface area contributed by atoms with Crippen LogP contribution in [0.4, 0.5) is 0 Å². The molecular formula is C11H18BrNO. The largest absolute Gasteiger partial charge is 0.345 e. The molecule has 0 N–H and O–H groups in total. The van der Waals surface area contributed by atoms with Crippen LogP contribution >= 0.6 is 15.9 Å². The van der Waals surface area contributed by atoms with Gasteiger partial charge in [-0.3, -0.25) is 4.79 Å². The first kappa shape index (κ1) is 10.5. The van der Waals surface area contributed by atoms with Gasteiger partial charge in [-0.2, -0.15) is 0 Å². The number of hydrogen-bond donors (Lipinski definition) is 0. The van der Waals surface area contributed by atoms with Gasteiger partial charge in [0.05, 0.1) is 0 Å². The molecule has 0 aromatic heterocycles. The topological polar surface area (TPSA) is 20.3 Å². The Morgan fingerprint density at radius 1 is 1.43 bits per heavy atom. The van der Waals surface area contributed by atoms with Crippen LogP contribution < -0.4 is 0 Å². The number of alkyl halides is 1. The van der Waals surface area contributed by atoms with E-state index in [-0.39, 0.29) is 0 Å². The predicted octanol–water partition coefficient (Wildman–Crippen LogP) is 2.27. The van der Waals surface area contributed by atoms with Crippen LogP contribution in [-0.4, -0.2) is 29.2 Å². The molecule has 14 heavy (non-hydrogen) atoms. The number of rotatable bonds is 3. The van der Waals surface area contributed by atoms with Gasteiger partial charge in [-0.15, -0.1) is 0 Å². The van der Waals surface area contributed by atoms with Crippen molar-refractivity contribution in [2.24, 2.45) is 17.8 Å². The number of halogens is 1. The summed E-state index contributed by atoms with van der Waals surface area (Å²) in [5.74, 6) is 2.09. The normalized spacial score (nSPS) is 40.2. The predicted molar refractivity (Wildman–Crippen MR) is 60.3 cm³/mol. The van der Waals surface area contributed by atoms with Crippen molar-refractivity contribution in [3.8, 4) is 0 Å². The lowest BCUT2D eigenvalue weighted by atomic mass is 9.85. The quantitative estimate of drug-likeness (QED) is 0.713. The summed E-state index contributed by atoms with van der Waals surface area (Å²) in [6.45, 7) is 3.12. The summed E-state index contributed by atoms with van der Waals surface area (Å²) >= 11 is 3.57. The van der Waals surface area contributed by atoms with E-state index in [1.807, 2.05) is 11.9 Å². The Morgan fingerprint density at radius 3 is 2.43 bits per heavy atom. The zero-order valence-corrected chi connectivity index (χ0v) is 10.5. The van der Waals surface area contributed by atoms with Crippen molar-refractivity contribution >= 4 is 21.8 Å². The van der Waals surface area contributed by atoms with Gasteiger partial charge in [0.25, 0.3) is 0 Å². The van der Waals surface area contributed by atoms with E-state index in [4.69, 9.17) is 0 Å². The van der Waals surface area contributed by atoms with E-state index in [0.717, 1.165) is 18.9 Å². The lowest BCUT2D eigenvalue weighted by Gasteiger charge is -2.34. The molecule has 0 aliphatic heterocycles. The van der Waals surface area contributed by atoms with E-state index in [1.54, 1.807) is 0 Å². The molecule has 0 aromatic carbocycles. The van der Waals surface area contributed by atoms with Crippen LogP contribution in [0.5, 0.6) is 0 Å². The van der Waals surface area contributed by atoms with E-state index >= 15 is 0 Å². The summed E-state index contributed by atoms with van der Waals surface area (Å²) in [5, 5.41) is 0. The smallest absolute Gasteiger partial charge is 0.225 e. The molecule has 0 heterocycles. The van der Waals surface area contributed by atoms with Gasteiger partial charge >= 0.3 is 0 Å². The van der Waals surface area contributed by atoms with Crippen molar-refractivity contribution in [1.29, 1.82) is 0 Å². The zero-order chi connectivity index (χ0) is 10.3. The lowest BCUT2D eigenvalue weighted by Crippen LogP contribution is -2.38. The molecule has 2 aliphatic carbocycles. The van der Waals surface area contributed by atoms with Crippen LogP contribution in [0.3, 0.4) is 0 Å². The molecule has 2 atom stereocenters. The van der Waals surface area contributed by atoms with E-state index in [2.05, 4.69) is 22.9 Å². The molecule has 2 fully saturated rings. The molecule has 0 bridgehead atoms.